The smallest absolute Gasteiger partial charge is 0.343 e. The van der Waals surface area contributed by atoms with E-state index in [0.29, 0.717) is 12.2 Å². The van der Waals surface area contributed by atoms with E-state index in [1.165, 1.54) is 11.5 Å². The first-order chi connectivity index (χ1) is 6.70. The van der Waals surface area contributed by atoms with E-state index in [1.807, 2.05) is 13.8 Å². The lowest BCUT2D eigenvalue weighted by atomic mass is 10.2. The number of rotatable bonds is 4. The van der Waals surface area contributed by atoms with Crippen LogP contribution in [0.15, 0.2) is 0 Å². The molecule has 0 fully saturated rings. The summed E-state index contributed by atoms with van der Waals surface area (Å²) < 4.78 is 9.06. The van der Waals surface area contributed by atoms with Crippen molar-refractivity contribution in [3.63, 3.8) is 0 Å². The quantitative estimate of drug-likeness (QED) is 0.779. The van der Waals surface area contributed by atoms with Gasteiger partial charge in [0.05, 0.1) is 12.3 Å². The SMILES string of the molecule is CCNc1snc(C)c1C(=O)OCC. The summed E-state index contributed by atoms with van der Waals surface area (Å²) in [6, 6.07) is 0. The van der Waals surface area contributed by atoms with Gasteiger partial charge >= 0.3 is 5.97 Å². The normalized spacial score (nSPS) is 9.93. The van der Waals surface area contributed by atoms with Gasteiger partial charge in [0.2, 0.25) is 0 Å². The van der Waals surface area contributed by atoms with Crippen LogP contribution in [-0.4, -0.2) is 23.5 Å². The molecular weight excluding hydrogens is 200 g/mol. The molecule has 0 bridgehead atoms. The summed E-state index contributed by atoms with van der Waals surface area (Å²) in [6.45, 7) is 6.74. The molecule has 0 aliphatic carbocycles. The molecule has 0 atom stereocenters. The molecular formula is C9H14N2O2S. The molecule has 14 heavy (non-hydrogen) atoms. The molecule has 1 aromatic heterocycles. The first-order valence-electron chi connectivity index (χ1n) is 4.57. The summed E-state index contributed by atoms with van der Waals surface area (Å²) in [4.78, 5) is 11.5. The number of aromatic nitrogens is 1. The van der Waals surface area contributed by atoms with Crippen molar-refractivity contribution in [1.29, 1.82) is 0 Å². The number of ether oxygens (including phenoxy) is 1. The number of hydrogen-bond donors (Lipinski definition) is 1. The second-order valence-corrected chi connectivity index (χ2v) is 3.50. The van der Waals surface area contributed by atoms with Crippen LogP contribution in [0.1, 0.15) is 29.9 Å². The molecule has 4 nitrogen and oxygen atoms in total. The molecule has 0 unspecified atom stereocenters. The van der Waals surface area contributed by atoms with Crippen LogP contribution in [0.5, 0.6) is 0 Å². The van der Waals surface area contributed by atoms with Gasteiger partial charge in [0.25, 0.3) is 0 Å². The van der Waals surface area contributed by atoms with Gasteiger partial charge in [0.15, 0.2) is 0 Å². The van der Waals surface area contributed by atoms with Crippen molar-refractivity contribution in [3.8, 4) is 0 Å². The highest BCUT2D eigenvalue weighted by atomic mass is 32.1. The summed E-state index contributed by atoms with van der Waals surface area (Å²) in [5.41, 5.74) is 1.29. The Kier molecular flexibility index (Phi) is 3.88. The molecule has 0 saturated carbocycles. The molecule has 0 aromatic carbocycles. The molecule has 1 aromatic rings. The van der Waals surface area contributed by atoms with Gasteiger partial charge in [-0.05, 0) is 32.3 Å². The number of carbonyl (C=O) groups excluding carboxylic acids is 1. The fraction of sp³-hybridized carbons (Fsp3) is 0.556. The number of anilines is 1. The van der Waals surface area contributed by atoms with E-state index in [-0.39, 0.29) is 5.97 Å². The number of nitrogens with zero attached hydrogens (tertiary/aromatic N) is 1. The number of hydrogen-bond acceptors (Lipinski definition) is 5. The second kappa shape index (κ2) is 4.95. The van der Waals surface area contributed by atoms with Gasteiger partial charge in [-0.1, -0.05) is 0 Å². The zero-order valence-electron chi connectivity index (χ0n) is 8.59. The lowest BCUT2D eigenvalue weighted by Crippen LogP contribution is -2.08. The number of aryl methyl sites for hydroxylation is 1. The first kappa shape index (κ1) is 11.0. The van der Waals surface area contributed by atoms with Crippen LogP contribution in [0.2, 0.25) is 0 Å². The highest BCUT2D eigenvalue weighted by Gasteiger charge is 2.18. The predicted octanol–water partition coefficient (Wildman–Crippen LogP) is 2.06. The Labute approximate surface area is 87.4 Å². The Morgan fingerprint density at radius 3 is 2.86 bits per heavy atom. The molecule has 0 amide bonds. The standard InChI is InChI=1S/C9H14N2O2S/c1-4-10-8-7(6(3)11-14-8)9(12)13-5-2/h10H,4-5H2,1-3H3. The molecule has 0 saturated heterocycles. The average molecular weight is 214 g/mol. The monoisotopic (exact) mass is 214 g/mol. The molecule has 0 spiro atoms. The van der Waals surface area contributed by atoms with Crippen LogP contribution in [0, 0.1) is 6.92 Å². The van der Waals surface area contributed by atoms with Crippen molar-refractivity contribution in [2.45, 2.75) is 20.8 Å². The van der Waals surface area contributed by atoms with Gasteiger partial charge in [0.1, 0.15) is 10.6 Å². The Hall–Kier alpha value is -1.10. The van der Waals surface area contributed by atoms with Crippen LogP contribution < -0.4 is 5.32 Å². The molecule has 1 N–H and O–H groups in total. The maximum atomic E-state index is 11.5. The summed E-state index contributed by atoms with van der Waals surface area (Å²) in [5, 5.41) is 3.89. The van der Waals surface area contributed by atoms with Crippen molar-refractivity contribution in [1.82, 2.24) is 4.37 Å². The van der Waals surface area contributed by atoms with Crippen molar-refractivity contribution < 1.29 is 9.53 Å². The Morgan fingerprint density at radius 1 is 1.57 bits per heavy atom. The third-order valence-electron chi connectivity index (χ3n) is 1.68. The van der Waals surface area contributed by atoms with E-state index < -0.39 is 0 Å². The van der Waals surface area contributed by atoms with E-state index in [1.54, 1.807) is 6.92 Å². The van der Waals surface area contributed by atoms with E-state index in [9.17, 15) is 4.79 Å². The first-order valence-corrected chi connectivity index (χ1v) is 5.35. The molecule has 0 radical (unpaired) electrons. The topological polar surface area (TPSA) is 51.2 Å². The highest BCUT2D eigenvalue weighted by Crippen LogP contribution is 2.24. The fourth-order valence-electron chi connectivity index (χ4n) is 1.09. The third kappa shape index (κ3) is 2.23. The van der Waals surface area contributed by atoms with E-state index in [0.717, 1.165) is 17.2 Å². The highest BCUT2D eigenvalue weighted by molar-refractivity contribution is 7.10. The van der Waals surface area contributed by atoms with Crippen LogP contribution in [0.25, 0.3) is 0 Å². The Bertz CT molecular complexity index is 323. The van der Waals surface area contributed by atoms with Crippen LogP contribution in [0.4, 0.5) is 5.00 Å². The maximum Gasteiger partial charge on any atom is 0.343 e. The average Bonchev–Trinajstić information content (AvgIpc) is 2.48. The van der Waals surface area contributed by atoms with Crippen LogP contribution in [0.3, 0.4) is 0 Å². The summed E-state index contributed by atoms with van der Waals surface area (Å²) >= 11 is 1.29. The number of carbonyl (C=O) groups is 1. The maximum absolute atomic E-state index is 11.5. The minimum Gasteiger partial charge on any atom is -0.462 e. The lowest BCUT2D eigenvalue weighted by Gasteiger charge is -2.04. The van der Waals surface area contributed by atoms with Gasteiger partial charge < -0.3 is 10.1 Å². The molecule has 5 heteroatoms. The zero-order valence-corrected chi connectivity index (χ0v) is 9.40. The number of nitrogens with one attached hydrogen (secondary N) is 1. The zero-order chi connectivity index (χ0) is 10.6. The van der Waals surface area contributed by atoms with Gasteiger partial charge in [-0.3, -0.25) is 0 Å². The van der Waals surface area contributed by atoms with Crippen LogP contribution >= 0.6 is 11.5 Å². The Morgan fingerprint density at radius 2 is 2.29 bits per heavy atom. The van der Waals surface area contributed by atoms with E-state index in [2.05, 4.69) is 9.69 Å². The molecule has 0 aliphatic rings. The molecule has 1 rings (SSSR count). The van der Waals surface area contributed by atoms with Gasteiger partial charge in [0, 0.05) is 6.54 Å². The summed E-state index contributed by atoms with van der Waals surface area (Å²) in [7, 11) is 0. The van der Waals surface area contributed by atoms with Gasteiger partial charge in [-0.25, -0.2) is 4.79 Å². The van der Waals surface area contributed by atoms with Gasteiger partial charge in [-0.2, -0.15) is 4.37 Å². The lowest BCUT2D eigenvalue weighted by molar-refractivity contribution is 0.0527. The Balaban J connectivity index is 2.92. The number of esters is 1. The van der Waals surface area contributed by atoms with E-state index in [4.69, 9.17) is 4.74 Å². The van der Waals surface area contributed by atoms with Crippen molar-refractivity contribution in [3.05, 3.63) is 11.3 Å². The second-order valence-electron chi connectivity index (χ2n) is 2.72. The van der Waals surface area contributed by atoms with Crippen molar-refractivity contribution >= 4 is 22.5 Å². The summed E-state index contributed by atoms with van der Waals surface area (Å²) in [5.74, 6) is -0.297. The largest absolute Gasteiger partial charge is 0.462 e. The minimum atomic E-state index is -0.297. The third-order valence-corrected chi connectivity index (χ3v) is 2.58. The van der Waals surface area contributed by atoms with Crippen molar-refractivity contribution in [2.75, 3.05) is 18.5 Å². The summed E-state index contributed by atoms with van der Waals surface area (Å²) in [6.07, 6.45) is 0. The van der Waals surface area contributed by atoms with Crippen LogP contribution in [-0.2, 0) is 4.74 Å². The predicted molar refractivity (Wildman–Crippen MR) is 57.0 cm³/mol. The molecule has 0 aliphatic heterocycles. The minimum absolute atomic E-state index is 0.297. The molecule has 78 valence electrons. The molecule has 1 heterocycles. The van der Waals surface area contributed by atoms with Crippen molar-refractivity contribution in [2.24, 2.45) is 0 Å². The van der Waals surface area contributed by atoms with E-state index >= 15 is 0 Å². The fourth-order valence-corrected chi connectivity index (χ4v) is 1.95. The van der Waals surface area contributed by atoms with Gasteiger partial charge in [-0.15, -0.1) is 0 Å².